The Morgan fingerprint density at radius 1 is 1.15 bits per heavy atom. The number of hydrogen-bond donors (Lipinski definition) is 2. The number of fused-ring (bicyclic) bond motifs is 1. The fraction of sp³-hybridized carbons (Fsp3) is 0.333. The van der Waals surface area contributed by atoms with E-state index < -0.39 is 5.91 Å². The number of primary amides is 1. The standard InChI is InChI=1S/C21H26N4O2/c1-3-16-13-24(2)19-11-7-4-8-15(19)12-25(16)14-20(26)23-18-10-6-5-9-17(18)21(22)27/h4-11,16H,3,12-14H2,1-2H3,(H2,22,27)(H,23,26). The third-order valence-electron chi connectivity index (χ3n) is 5.06. The van der Waals surface area contributed by atoms with Gasteiger partial charge in [0.2, 0.25) is 5.91 Å². The van der Waals surface area contributed by atoms with Crippen molar-refractivity contribution in [1.29, 1.82) is 0 Å². The molecule has 1 aliphatic rings. The molecule has 1 heterocycles. The number of anilines is 2. The molecule has 0 spiro atoms. The van der Waals surface area contributed by atoms with E-state index in [1.54, 1.807) is 24.3 Å². The van der Waals surface area contributed by atoms with Gasteiger partial charge in [-0.3, -0.25) is 14.5 Å². The zero-order chi connectivity index (χ0) is 19.4. The van der Waals surface area contributed by atoms with Crippen LogP contribution in [0.5, 0.6) is 0 Å². The largest absolute Gasteiger partial charge is 0.373 e. The summed E-state index contributed by atoms with van der Waals surface area (Å²) in [7, 11) is 2.09. The second-order valence-electron chi connectivity index (χ2n) is 6.93. The summed E-state index contributed by atoms with van der Waals surface area (Å²) in [6.45, 7) is 3.97. The van der Waals surface area contributed by atoms with Gasteiger partial charge in [-0.1, -0.05) is 37.3 Å². The summed E-state index contributed by atoms with van der Waals surface area (Å²) in [5.74, 6) is -0.702. The summed E-state index contributed by atoms with van der Waals surface area (Å²) in [5.41, 5.74) is 8.59. The van der Waals surface area contributed by atoms with Gasteiger partial charge in [-0.2, -0.15) is 0 Å². The van der Waals surface area contributed by atoms with Crippen molar-refractivity contribution in [1.82, 2.24) is 4.90 Å². The molecule has 1 atom stereocenters. The number of para-hydroxylation sites is 2. The first-order valence-corrected chi connectivity index (χ1v) is 9.21. The number of amides is 2. The van der Waals surface area contributed by atoms with Crippen LogP contribution in [0, 0.1) is 0 Å². The van der Waals surface area contributed by atoms with Crippen LogP contribution >= 0.6 is 0 Å². The number of nitrogens with one attached hydrogen (secondary N) is 1. The van der Waals surface area contributed by atoms with Gasteiger partial charge in [0.15, 0.2) is 0 Å². The van der Waals surface area contributed by atoms with Crippen LogP contribution < -0.4 is 16.0 Å². The van der Waals surface area contributed by atoms with Gasteiger partial charge in [0.25, 0.3) is 5.91 Å². The second kappa shape index (κ2) is 8.22. The molecule has 0 aliphatic carbocycles. The van der Waals surface area contributed by atoms with Gasteiger partial charge in [-0.25, -0.2) is 0 Å². The minimum Gasteiger partial charge on any atom is -0.373 e. The molecule has 1 unspecified atom stereocenters. The highest BCUT2D eigenvalue weighted by Crippen LogP contribution is 2.27. The van der Waals surface area contributed by atoms with Gasteiger partial charge in [0, 0.05) is 31.9 Å². The van der Waals surface area contributed by atoms with Gasteiger partial charge in [-0.05, 0) is 30.2 Å². The highest BCUT2D eigenvalue weighted by atomic mass is 16.2. The second-order valence-corrected chi connectivity index (χ2v) is 6.93. The lowest BCUT2D eigenvalue weighted by Crippen LogP contribution is -2.43. The normalized spacial score (nSPS) is 17.1. The van der Waals surface area contributed by atoms with E-state index in [1.165, 1.54) is 11.3 Å². The van der Waals surface area contributed by atoms with Crippen LogP contribution in [0.4, 0.5) is 11.4 Å². The van der Waals surface area contributed by atoms with Gasteiger partial charge >= 0.3 is 0 Å². The number of carbonyl (C=O) groups excluding carboxylic acids is 2. The average molecular weight is 366 g/mol. The minimum absolute atomic E-state index is 0.149. The maximum absolute atomic E-state index is 12.7. The molecule has 142 valence electrons. The van der Waals surface area contributed by atoms with E-state index in [0.29, 0.717) is 17.8 Å². The molecule has 0 radical (unpaired) electrons. The van der Waals surface area contributed by atoms with Crippen molar-refractivity contribution in [3.05, 3.63) is 59.7 Å². The lowest BCUT2D eigenvalue weighted by atomic mass is 10.1. The number of nitrogens with zero attached hydrogens (tertiary/aromatic N) is 2. The van der Waals surface area contributed by atoms with Crippen LogP contribution in [0.2, 0.25) is 0 Å². The molecule has 0 saturated heterocycles. The first-order chi connectivity index (χ1) is 13.0. The molecule has 0 fully saturated rings. The Bertz CT molecular complexity index is 836. The van der Waals surface area contributed by atoms with Crippen LogP contribution in [0.3, 0.4) is 0 Å². The predicted octanol–water partition coefficient (Wildman–Crippen LogP) is 2.45. The van der Waals surface area contributed by atoms with E-state index in [0.717, 1.165) is 13.0 Å². The molecular weight excluding hydrogens is 340 g/mol. The monoisotopic (exact) mass is 366 g/mol. The predicted molar refractivity (Wildman–Crippen MR) is 108 cm³/mol. The molecule has 27 heavy (non-hydrogen) atoms. The van der Waals surface area contributed by atoms with Crippen molar-refractivity contribution in [2.45, 2.75) is 25.9 Å². The number of benzene rings is 2. The Morgan fingerprint density at radius 2 is 1.85 bits per heavy atom. The number of carbonyl (C=O) groups is 2. The SMILES string of the molecule is CCC1CN(C)c2ccccc2CN1CC(=O)Nc1ccccc1C(N)=O. The summed E-state index contributed by atoms with van der Waals surface area (Å²) in [5, 5.41) is 2.84. The fourth-order valence-corrected chi connectivity index (χ4v) is 3.65. The van der Waals surface area contributed by atoms with Crippen LogP contribution in [0.1, 0.15) is 29.3 Å². The first kappa shape index (κ1) is 18.9. The van der Waals surface area contributed by atoms with Gasteiger partial charge in [-0.15, -0.1) is 0 Å². The summed E-state index contributed by atoms with van der Waals surface area (Å²) in [4.78, 5) is 28.7. The van der Waals surface area contributed by atoms with Crippen molar-refractivity contribution in [3.63, 3.8) is 0 Å². The zero-order valence-electron chi connectivity index (χ0n) is 15.8. The highest BCUT2D eigenvalue weighted by molar-refractivity contribution is 6.03. The Balaban J connectivity index is 1.77. The van der Waals surface area contributed by atoms with Crippen LogP contribution in [0.15, 0.2) is 48.5 Å². The van der Waals surface area contributed by atoms with Crippen molar-refractivity contribution in [3.8, 4) is 0 Å². The molecule has 2 aromatic rings. The number of likely N-dealkylation sites (N-methyl/N-ethyl adjacent to an activating group) is 1. The van der Waals surface area contributed by atoms with Gasteiger partial charge in [0.1, 0.15) is 0 Å². The van der Waals surface area contributed by atoms with E-state index in [2.05, 4.69) is 41.2 Å². The fourth-order valence-electron chi connectivity index (χ4n) is 3.65. The van der Waals surface area contributed by atoms with Crippen LogP contribution in [-0.2, 0) is 11.3 Å². The number of nitrogens with two attached hydrogens (primary N) is 1. The van der Waals surface area contributed by atoms with Crippen LogP contribution in [0.25, 0.3) is 0 Å². The van der Waals surface area contributed by atoms with E-state index in [4.69, 9.17) is 5.73 Å². The molecule has 2 aromatic carbocycles. The molecule has 1 aliphatic heterocycles. The topological polar surface area (TPSA) is 78.7 Å². The Hall–Kier alpha value is -2.86. The highest BCUT2D eigenvalue weighted by Gasteiger charge is 2.26. The molecule has 0 aromatic heterocycles. The minimum atomic E-state index is -0.553. The smallest absolute Gasteiger partial charge is 0.250 e. The molecule has 3 rings (SSSR count). The lowest BCUT2D eigenvalue weighted by molar-refractivity contribution is -0.118. The van der Waals surface area contributed by atoms with E-state index in [-0.39, 0.29) is 18.5 Å². The third kappa shape index (κ3) is 4.28. The van der Waals surface area contributed by atoms with Gasteiger partial charge in [0.05, 0.1) is 17.8 Å². The molecule has 3 N–H and O–H groups in total. The van der Waals surface area contributed by atoms with Crippen molar-refractivity contribution in [2.24, 2.45) is 5.73 Å². The first-order valence-electron chi connectivity index (χ1n) is 9.21. The van der Waals surface area contributed by atoms with E-state index >= 15 is 0 Å². The summed E-state index contributed by atoms with van der Waals surface area (Å²) in [6.07, 6.45) is 0.948. The van der Waals surface area contributed by atoms with E-state index in [9.17, 15) is 9.59 Å². The lowest BCUT2D eigenvalue weighted by Gasteiger charge is -2.30. The number of hydrogen-bond acceptors (Lipinski definition) is 4. The molecule has 0 saturated carbocycles. The summed E-state index contributed by atoms with van der Waals surface area (Å²) in [6, 6.07) is 15.4. The summed E-state index contributed by atoms with van der Waals surface area (Å²) < 4.78 is 0. The van der Waals surface area contributed by atoms with Crippen molar-refractivity contribution >= 4 is 23.2 Å². The molecule has 6 heteroatoms. The Labute approximate surface area is 159 Å². The third-order valence-corrected chi connectivity index (χ3v) is 5.06. The number of rotatable bonds is 5. The maximum atomic E-state index is 12.7. The molecule has 2 amide bonds. The maximum Gasteiger partial charge on any atom is 0.250 e. The summed E-state index contributed by atoms with van der Waals surface area (Å²) >= 11 is 0. The van der Waals surface area contributed by atoms with Crippen molar-refractivity contribution < 1.29 is 9.59 Å². The Kier molecular flexibility index (Phi) is 5.76. The Morgan fingerprint density at radius 3 is 2.59 bits per heavy atom. The average Bonchev–Trinajstić information content (AvgIpc) is 2.78. The quantitative estimate of drug-likeness (QED) is 0.852. The van der Waals surface area contributed by atoms with Crippen LogP contribution in [-0.4, -0.2) is 42.9 Å². The molecule has 0 bridgehead atoms. The van der Waals surface area contributed by atoms with E-state index in [1.807, 2.05) is 12.1 Å². The zero-order valence-corrected chi connectivity index (χ0v) is 15.8. The molecule has 6 nitrogen and oxygen atoms in total. The molecular formula is C21H26N4O2. The van der Waals surface area contributed by atoms with Gasteiger partial charge < -0.3 is 16.0 Å². The van der Waals surface area contributed by atoms with Crippen molar-refractivity contribution in [2.75, 3.05) is 30.4 Å².